The minimum Gasteiger partial charge on any atom is -0.375 e. The number of hydrogen-bond acceptors (Lipinski definition) is 4. The second kappa shape index (κ2) is 5.72. The second-order valence-corrected chi connectivity index (χ2v) is 7.19. The van der Waals surface area contributed by atoms with Crippen molar-refractivity contribution in [2.75, 3.05) is 12.3 Å². The Balaban J connectivity index is 1.72. The van der Waals surface area contributed by atoms with Crippen molar-refractivity contribution in [2.45, 2.75) is 57.9 Å². The molecule has 2 fully saturated rings. The topological polar surface area (TPSA) is 59.2 Å². The quantitative estimate of drug-likeness (QED) is 0.927. The number of rotatable bonds is 4. The first-order valence-electron chi connectivity index (χ1n) is 7.69. The molecule has 0 aromatic carbocycles. The summed E-state index contributed by atoms with van der Waals surface area (Å²) in [6, 6.07) is 0.465. The number of aryl methyl sites for hydroxylation is 1. The zero-order valence-electron chi connectivity index (χ0n) is 12.1. The number of nitrogens with two attached hydrogens (primary N) is 1. The Kier molecular flexibility index (Phi) is 3.96. The smallest absolute Gasteiger partial charge is 0.266 e. The molecule has 1 aromatic rings. The van der Waals surface area contributed by atoms with E-state index < -0.39 is 0 Å². The fraction of sp³-hybridized carbons (Fsp3) is 0.733. The predicted molar refractivity (Wildman–Crippen MR) is 81.9 cm³/mol. The zero-order chi connectivity index (χ0) is 14.1. The minimum absolute atomic E-state index is 0.157. The van der Waals surface area contributed by atoms with Crippen LogP contribution in [0, 0.1) is 12.8 Å². The van der Waals surface area contributed by atoms with Gasteiger partial charge in [-0.05, 0) is 38.5 Å². The van der Waals surface area contributed by atoms with E-state index in [2.05, 4.69) is 9.88 Å². The van der Waals surface area contributed by atoms with Gasteiger partial charge in [-0.2, -0.15) is 0 Å². The standard InChI is InChI=1S/C15H23N3OS/c1-10-13(20-15(16)17-10)14(19)18(12-7-8-12)9-11-5-3-2-4-6-11/h11-12H,2-9H2,1H3,(H2,16,17). The first kappa shape index (κ1) is 13.9. The molecule has 0 radical (unpaired) electrons. The third-order valence-electron chi connectivity index (χ3n) is 4.44. The largest absolute Gasteiger partial charge is 0.375 e. The lowest BCUT2D eigenvalue weighted by Crippen LogP contribution is -2.37. The summed E-state index contributed by atoms with van der Waals surface area (Å²) in [5.41, 5.74) is 6.51. The number of amides is 1. The monoisotopic (exact) mass is 293 g/mol. The molecule has 1 heterocycles. The Morgan fingerprint density at radius 1 is 1.30 bits per heavy atom. The number of aromatic nitrogens is 1. The summed E-state index contributed by atoms with van der Waals surface area (Å²) in [6.07, 6.45) is 8.88. The molecular formula is C15H23N3OS. The van der Waals surface area contributed by atoms with Crippen LogP contribution in [0.25, 0.3) is 0 Å². The van der Waals surface area contributed by atoms with Crippen LogP contribution in [0.4, 0.5) is 5.13 Å². The molecule has 1 amide bonds. The summed E-state index contributed by atoms with van der Waals surface area (Å²) < 4.78 is 0. The van der Waals surface area contributed by atoms with E-state index in [9.17, 15) is 4.79 Å². The molecular weight excluding hydrogens is 270 g/mol. The average molecular weight is 293 g/mol. The van der Waals surface area contributed by atoms with E-state index in [0.29, 0.717) is 17.1 Å². The van der Waals surface area contributed by atoms with E-state index in [1.807, 2.05) is 6.92 Å². The molecule has 2 saturated carbocycles. The van der Waals surface area contributed by atoms with Gasteiger partial charge in [0.15, 0.2) is 5.13 Å². The Bertz CT molecular complexity index is 489. The zero-order valence-corrected chi connectivity index (χ0v) is 12.9. The van der Waals surface area contributed by atoms with Crippen molar-refractivity contribution in [1.29, 1.82) is 0 Å². The summed E-state index contributed by atoms with van der Waals surface area (Å²) in [5, 5.41) is 0.499. The minimum atomic E-state index is 0.157. The molecule has 0 saturated heterocycles. The van der Waals surface area contributed by atoms with E-state index in [4.69, 9.17) is 5.73 Å². The number of hydrogen-bond donors (Lipinski definition) is 1. The van der Waals surface area contributed by atoms with Crippen molar-refractivity contribution in [1.82, 2.24) is 9.88 Å². The lowest BCUT2D eigenvalue weighted by Gasteiger charge is -2.29. The number of nitrogen functional groups attached to an aromatic ring is 1. The van der Waals surface area contributed by atoms with Crippen molar-refractivity contribution < 1.29 is 4.79 Å². The lowest BCUT2D eigenvalue weighted by molar-refractivity contribution is 0.0703. The molecule has 0 unspecified atom stereocenters. The van der Waals surface area contributed by atoms with E-state index in [-0.39, 0.29) is 5.91 Å². The molecule has 0 atom stereocenters. The van der Waals surface area contributed by atoms with Crippen LogP contribution in [0.15, 0.2) is 0 Å². The van der Waals surface area contributed by atoms with E-state index in [1.54, 1.807) is 0 Å². The van der Waals surface area contributed by atoms with Crippen LogP contribution in [0.2, 0.25) is 0 Å². The van der Waals surface area contributed by atoms with Gasteiger partial charge in [-0.3, -0.25) is 4.79 Å². The molecule has 2 aliphatic carbocycles. The molecule has 0 aliphatic heterocycles. The van der Waals surface area contributed by atoms with Crippen LogP contribution in [-0.2, 0) is 0 Å². The molecule has 5 heteroatoms. The van der Waals surface area contributed by atoms with Gasteiger partial charge in [-0.15, -0.1) is 0 Å². The summed E-state index contributed by atoms with van der Waals surface area (Å²) in [7, 11) is 0. The first-order valence-corrected chi connectivity index (χ1v) is 8.50. The summed E-state index contributed by atoms with van der Waals surface area (Å²) in [6.45, 7) is 2.81. The summed E-state index contributed by atoms with van der Waals surface area (Å²) in [5.74, 6) is 0.851. The van der Waals surface area contributed by atoms with Crippen molar-refractivity contribution in [2.24, 2.45) is 5.92 Å². The molecule has 3 rings (SSSR count). The second-order valence-electron chi connectivity index (χ2n) is 6.16. The Labute approximate surface area is 124 Å². The molecule has 0 bridgehead atoms. The van der Waals surface area contributed by atoms with Crippen molar-refractivity contribution in [3.63, 3.8) is 0 Å². The highest BCUT2D eigenvalue weighted by atomic mass is 32.1. The third kappa shape index (κ3) is 2.97. The van der Waals surface area contributed by atoms with Crippen molar-refractivity contribution in [3.05, 3.63) is 10.6 Å². The highest BCUT2D eigenvalue weighted by Gasteiger charge is 2.35. The summed E-state index contributed by atoms with van der Waals surface area (Å²) in [4.78, 5) is 19.8. The van der Waals surface area contributed by atoms with Gasteiger partial charge in [-0.25, -0.2) is 4.98 Å². The molecule has 1 aromatic heterocycles. The highest BCUT2D eigenvalue weighted by molar-refractivity contribution is 7.17. The van der Waals surface area contributed by atoms with Crippen molar-refractivity contribution >= 4 is 22.4 Å². The van der Waals surface area contributed by atoms with Gasteiger partial charge in [0.25, 0.3) is 5.91 Å². The van der Waals surface area contributed by atoms with Crippen LogP contribution < -0.4 is 5.73 Å². The maximum absolute atomic E-state index is 12.8. The molecule has 2 N–H and O–H groups in total. The van der Waals surface area contributed by atoms with Crippen LogP contribution in [0.5, 0.6) is 0 Å². The van der Waals surface area contributed by atoms with Gasteiger partial charge in [-0.1, -0.05) is 30.6 Å². The maximum atomic E-state index is 12.8. The van der Waals surface area contributed by atoms with Gasteiger partial charge < -0.3 is 10.6 Å². The number of anilines is 1. The molecule has 110 valence electrons. The van der Waals surface area contributed by atoms with E-state index in [0.717, 1.165) is 30.0 Å². The van der Waals surface area contributed by atoms with Gasteiger partial charge >= 0.3 is 0 Å². The van der Waals surface area contributed by atoms with E-state index >= 15 is 0 Å². The normalized spacial score (nSPS) is 20.1. The van der Waals surface area contributed by atoms with Crippen LogP contribution in [-0.4, -0.2) is 28.4 Å². The Morgan fingerprint density at radius 2 is 2.00 bits per heavy atom. The fourth-order valence-corrected chi connectivity index (χ4v) is 3.97. The summed E-state index contributed by atoms with van der Waals surface area (Å²) >= 11 is 1.33. The van der Waals surface area contributed by atoms with Gasteiger partial charge in [0.05, 0.1) is 5.69 Å². The van der Waals surface area contributed by atoms with Gasteiger partial charge in [0, 0.05) is 12.6 Å². The predicted octanol–water partition coefficient (Wildman–Crippen LogP) is 3.22. The SMILES string of the molecule is Cc1nc(N)sc1C(=O)N(CC1CCCCC1)C1CC1. The first-order chi connectivity index (χ1) is 9.65. The van der Waals surface area contributed by atoms with Gasteiger partial charge in [0.2, 0.25) is 0 Å². The Morgan fingerprint density at radius 3 is 2.55 bits per heavy atom. The fourth-order valence-electron chi connectivity index (χ4n) is 3.18. The number of carbonyl (C=O) groups is 1. The average Bonchev–Trinajstić information content (AvgIpc) is 3.22. The number of nitrogens with zero attached hydrogens (tertiary/aromatic N) is 2. The highest BCUT2D eigenvalue weighted by Crippen LogP contribution is 2.34. The molecule has 2 aliphatic rings. The maximum Gasteiger partial charge on any atom is 0.266 e. The van der Waals surface area contributed by atoms with Crippen molar-refractivity contribution in [3.8, 4) is 0 Å². The number of thiazole rings is 1. The van der Waals surface area contributed by atoms with E-state index in [1.165, 1.54) is 43.4 Å². The third-order valence-corrected chi connectivity index (χ3v) is 5.41. The number of carbonyl (C=O) groups excluding carboxylic acids is 1. The van der Waals surface area contributed by atoms with Gasteiger partial charge in [0.1, 0.15) is 4.88 Å². The lowest BCUT2D eigenvalue weighted by atomic mass is 9.89. The molecule has 20 heavy (non-hydrogen) atoms. The molecule has 4 nitrogen and oxygen atoms in total. The Hall–Kier alpha value is -1.10. The molecule has 0 spiro atoms. The van der Waals surface area contributed by atoms with Crippen LogP contribution in [0.1, 0.15) is 60.3 Å². The van der Waals surface area contributed by atoms with Crippen LogP contribution in [0.3, 0.4) is 0 Å². The van der Waals surface area contributed by atoms with Crippen LogP contribution >= 0.6 is 11.3 Å².